The second kappa shape index (κ2) is 10.1. The zero-order valence-corrected chi connectivity index (χ0v) is 18.5. The molecule has 0 radical (unpaired) electrons. The van der Waals surface area contributed by atoms with Gasteiger partial charge in [0.15, 0.2) is 0 Å². The summed E-state index contributed by atoms with van der Waals surface area (Å²) in [6.45, 7) is 0.546. The predicted octanol–water partition coefficient (Wildman–Crippen LogP) is 3.92. The number of nitrogens with one attached hydrogen (secondary N) is 2. The zero-order valence-electron chi connectivity index (χ0n) is 17.7. The van der Waals surface area contributed by atoms with Gasteiger partial charge in [0.05, 0.1) is 4.90 Å². The molecule has 0 aliphatic heterocycles. The van der Waals surface area contributed by atoms with E-state index in [9.17, 15) is 13.2 Å². The number of anilines is 2. The van der Waals surface area contributed by atoms with Gasteiger partial charge in [-0.25, -0.2) is 8.42 Å². The summed E-state index contributed by atoms with van der Waals surface area (Å²) in [5.41, 5.74) is 3.29. The van der Waals surface area contributed by atoms with Gasteiger partial charge >= 0.3 is 0 Å². The molecule has 0 unspecified atom stereocenters. The Kier molecular flexibility index (Phi) is 7.31. The second-order valence-electron chi connectivity index (χ2n) is 7.42. The highest BCUT2D eigenvalue weighted by Gasteiger charge is 2.15. The monoisotopic (exact) mass is 437 g/mol. The maximum absolute atomic E-state index is 12.5. The minimum atomic E-state index is -3.70. The van der Waals surface area contributed by atoms with Crippen LogP contribution in [0, 0.1) is 0 Å². The number of nitrogens with zero attached hydrogens (tertiary/aromatic N) is 1. The van der Waals surface area contributed by atoms with Gasteiger partial charge in [-0.2, -0.15) is 0 Å². The van der Waals surface area contributed by atoms with Gasteiger partial charge in [-0.3, -0.25) is 9.52 Å². The smallest absolute Gasteiger partial charge is 0.261 e. The summed E-state index contributed by atoms with van der Waals surface area (Å²) < 4.78 is 27.5. The van der Waals surface area contributed by atoms with Crippen molar-refractivity contribution in [3.05, 3.63) is 90.0 Å². The zero-order chi connectivity index (χ0) is 22.3. The Morgan fingerprint density at radius 1 is 0.871 bits per heavy atom. The van der Waals surface area contributed by atoms with Crippen LogP contribution in [0.15, 0.2) is 83.8 Å². The summed E-state index contributed by atoms with van der Waals surface area (Å²) in [4.78, 5) is 14.5. The minimum Gasteiger partial charge on any atom is -0.378 e. The lowest BCUT2D eigenvalue weighted by molar-refractivity contribution is 0.0953. The van der Waals surface area contributed by atoms with Crippen LogP contribution in [0.25, 0.3) is 0 Å². The molecule has 0 bridgehead atoms. The van der Waals surface area contributed by atoms with E-state index < -0.39 is 10.0 Å². The Balaban J connectivity index is 1.49. The summed E-state index contributed by atoms with van der Waals surface area (Å²) in [5.74, 6) is -0.220. The first-order valence-corrected chi connectivity index (χ1v) is 11.6. The maximum Gasteiger partial charge on any atom is 0.261 e. The highest BCUT2D eigenvalue weighted by molar-refractivity contribution is 7.92. The Labute approximate surface area is 184 Å². The average Bonchev–Trinajstić information content (AvgIpc) is 2.77. The van der Waals surface area contributed by atoms with Gasteiger partial charge in [-0.1, -0.05) is 30.3 Å². The van der Waals surface area contributed by atoms with Crippen LogP contribution in [-0.4, -0.2) is 35.0 Å². The lowest BCUT2D eigenvalue weighted by Crippen LogP contribution is -2.24. The summed E-state index contributed by atoms with van der Waals surface area (Å²) in [5, 5.41) is 2.88. The summed E-state index contributed by atoms with van der Waals surface area (Å²) in [6, 6.07) is 22.9. The molecule has 0 fully saturated rings. The number of para-hydroxylation sites is 1. The number of sulfonamides is 1. The van der Waals surface area contributed by atoms with Crippen LogP contribution < -0.4 is 14.9 Å². The van der Waals surface area contributed by atoms with E-state index in [1.807, 2.05) is 20.2 Å². The van der Waals surface area contributed by atoms with E-state index in [4.69, 9.17) is 0 Å². The van der Waals surface area contributed by atoms with E-state index in [2.05, 4.69) is 39.2 Å². The Morgan fingerprint density at radius 3 is 2.13 bits per heavy atom. The van der Waals surface area contributed by atoms with E-state index in [1.165, 1.54) is 29.8 Å². The van der Waals surface area contributed by atoms with Crippen LogP contribution in [-0.2, 0) is 16.4 Å². The highest BCUT2D eigenvalue weighted by atomic mass is 32.2. The van der Waals surface area contributed by atoms with E-state index in [0.717, 1.165) is 18.5 Å². The van der Waals surface area contributed by atoms with Gasteiger partial charge in [0.25, 0.3) is 15.9 Å². The molecule has 31 heavy (non-hydrogen) atoms. The van der Waals surface area contributed by atoms with Crippen molar-refractivity contribution in [1.29, 1.82) is 0 Å². The van der Waals surface area contributed by atoms with Gasteiger partial charge < -0.3 is 10.2 Å². The standard InChI is InChI=1S/C24H27N3O3S/c1-27(2)22-14-10-19(11-15-22)7-6-18-25-24(28)20-12-16-23(17-13-20)31(29,30)26-21-8-4-3-5-9-21/h3-5,8-17,26H,6-7,18H2,1-2H3,(H,25,28). The molecule has 0 aliphatic carbocycles. The summed E-state index contributed by atoms with van der Waals surface area (Å²) in [6.07, 6.45) is 1.69. The molecule has 7 heteroatoms. The number of aryl methyl sites for hydroxylation is 1. The second-order valence-corrected chi connectivity index (χ2v) is 9.10. The first-order valence-electron chi connectivity index (χ1n) is 10.1. The van der Waals surface area contributed by atoms with E-state index in [0.29, 0.717) is 17.8 Å². The molecule has 0 heterocycles. The highest BCUT2D eigenvalue weighted by Crippen LogP contribution is 2.16. The molecule has 0 spiro atoms. The van der Waals surface area contributed by atoms with Crippen molar-refractivity contribution in [1.82, 2.24) is 5.32 Å². The van der Waals surface area contributed by atoms with Crippen molar-refractivity contribution in [2.45, 2.75) is 17.7 Å². The molecule has 0 saturated heterocycles. The van der Waals surface area contributed by atoms with Gasteiger partial charge in [-0.05, 0) is 66.9 Å². The fraction of sp³-hybridized carbons (Fsp3) is 0.208. The third-order valence-corrected chi connectivity index (χ3v) is 6.23. The first-order chi connectivity index (χ1) is 14.8. The van der Waals surface area contributed by atoms with Crippen LogP contribution in [0.3, 0.4) is 0 Å². The quantitative estimate of drug-likeness (QED) is 0.498. The van der Waals surface area contributed by atoms with E-state index >= 15 is 0 Å². The van der Waals surface area contributed by atoms with E-state index in [-0.39, 0.29) is 10.8 Å². The molecule has 3 rings (SSSR count). The maximum atomic E-state index is 12.5. The largest absolute Gasteiger partial charge is 0.378 e. The Morgan fingerprint density at radius 2 is 1.52 bits per heavy atom. The van der Waals surface area contributed by atoms with Gasteiger partial charge in [0.2, 0.25) is 0 Å². The number of amides is 1. The molecule has 3 aromatic rings. The Hall–Kier alpha value is -3.32. The Bertz CT molecular complexity index is 1100. The molecular formula is C24H27N3O3S. The van der Waals surface area contributed by atoms with Crippen LogP contribution in [0.4, 0.5) is 11.4 Å². The SMILES string of the molecule is CN(C)c1ccc(CCCNC(=O)c2ccc(S(=O)(=O)Nc3ccccc3)cc2)cc1. The van der Waals surface area contributed by atoms with Crippen molar-refractivity contribution >= 4 is 27.3 Å². The van der Waals surface area contributed by atoms with Crippen LogP contribution in [0.5, 0.6) is 0 Å². The summed E-state index contributed by atoms with van der Waals surface area (Å²) >= 11 is 0. The van der Waals surface area contributed by atoms with Crippen molar-refractivity contribution in [3.63, 3.8) is 0 Å². The molecule has 162 valence electrons. The molecule has 6 nitrogen and oxygen atoms in total. The number of rotatable bonds is 9. The fourth-order valence-electron chi connectivity index (χ4n) is 3.06. The molecular weight excluding hydrogens is 410 g/mol. The van der Waals surface area contributed by atoms with Crippen molar-refractivity contribution in [2.75, 3.05) is 30.3 Å². The van der Waals surface area contributed by atoms with Crippen molar-refractivity contribution < 1.29 is 13.2 Å². The number of benzene rings is 3. The van der Waals surface area contributed by atoms with Crippen molar-refractivity contribution in [3.8, 4) is 0 Å². The third-order valence-electron chi connectivity index (χ3n) is 4.83. The number of hydrogen-bond acceptors (Lipinski definition) is 4. The van der Waals surface area contributed by atoms with Gasteiger partial charge in [-0.15, -0.1) is 0 Å². The number of hydrogen-bond donors (Lipinski definition) is 2. The van der Waals surface area contributed by atoms with E-state index in [1.54, 1.807) is 24.3 Å². The molecule has 0 aromatic heterocycles. The predicted molar refractivity (Wildman–Crippen MR) is 125 cm³/mol. The fourth-order valence-corrected chi connectivity index (χ4v) is 4.12. The third kappa shape index (κ3) is 6.33. The molecule has 0 saturated carbocycles. The van der Waals surface area contributed by atoms with Gasteiger partial charge in [0, 0.05) is 37.6 Å². The average molecular weight is 438 g/mol. The molecule has 0 aliphatic rings. The lowest BCUT2D eigenvalue weighted by Gasteiger charge is -2.12. The minimum absolute atomic E-state index is 0.106. The normalized spacial score (nSPS) is 11.0. The topological polar surface area (TPSA) is 78.5 Å². The molecule has 1 amide bonds. The molecule has 0 atom stereocenters. The first kappa shape index (κ1) is 22.4. The number of carbonyl (C=O) groups excluding carboxylic acids is 1. The summed E-state index contributed by atoms with van der Waals surface area (Å²) in [7, 11) is 0.312. The van der Waals surface area contributed by atoms with Crippen LogP contribution in [0.1, 0.15) is 22.3 Å². The molecule has 3 aromatic carbocycles. The van der Waals surface area contributed by atoms with Crippen molar-refractivity contribution in [2.24, 2.45) is 0 Å². The van der Waals surface area contributed by atoms with Crippen LogP contribution >= 0.6 is 0 Å². The number of carbonyl (C=O) groups is 1. The lowest BCUT2D eigenvalue weighted by atomic mass is 10.1. The van der Waals surface area contributed by atoms with Gasteiger partial charge in [0.1, 0.15) is 0 Å². The van der Waals surface area contributed by atoms with Crippen LogP contribution in [0.2, 0.25) is 0 Å². The molecule has 2 N–H and O–H groups in total.